The van der Waals surface area contributed by atoms with Crippen LogP contribution in [0.1, 0.15) is 0 Å². The molecule has 1 aromatic carbocycles. The minimum atomic E-state index is -0.515. The third kappa shape index (κ3) is 4.11. The number of hydrogen-bond acceptors (Lipinski definition) is 7. The molecule has 0 atom stereocenters. The van der Waals surface area contributed by atoms with Gasteiger partial charge in [-0.2, -0.15) is 0 Å². The molecular weight excluding hydrogens is 426 g/mol. The molecule has 0 aliphatic carbocycles. The molecule has 26 heavy (non-hydrogen) atoms. The van der Waals surface area contributed by atoms with Gasteiger partial charge in [0.05, 0.1) is 10.7 Å². The van der Waals surface area contributed by atoms with Crippen molar-refractivity contribution < 1.29 is 14.1 Å². The van der Waals surface area contributed by atoms with Crippen LogP contribution in [-0.2, 0) is 11.8 Å². The average Bonchev–Trinajstić information content (AvgIpc) is 3.19. The van der Waals surface area contributed by atoms with Gasteiger partial charge in [0.15, 0.2) is 21.4 Å². The Hall–Kier alpha value is -2.66. The predicted molar refractivity (Wildman–Crippen MR) is 98.9 cm³/mol. The van der Waals surface area contributed by atoms with Gasteiger partial charge in [0.25, 0.3) is 5.69 Å². The quantitative estimate of drug-likeness (QED) is 0.356. The highest BCUT2D eigenvalue weighted by Crippen LogP contribution is 2.26. The Kier molecular flexibility index (Phi) is 5.38. The molecule has 134 valence electrons. The van der Waals surface area contributed by atoms with Gasteiger partial charge in [-0.25, -0.2) is 0 Å². The lowest BCUT2D eigenvalue weighted by Crippen LogP contribution is -2.14. The highest BCUT2D eigenvalue weighted by atomic mass is 79.9. The van der Waals surface area contributed by atoms with Gasteiger partial charge in [-0.1, -0.05) is 17.8 Å². The standard InChI is InChI=1S/C15H12BrN5O4S/c1-20-14(11-5-6-12(16)25-11)18-19-15(20)26-8-13(22)17-9-3-2-4-10(7-9)21(23)24/h2-7H,8H2,1H3,(H,17,22). The molecule has 1 amide bonds. The van der Waals surface area contributed by atoms with Crippen molar-refractivity contribution in [3.8, 4) is 11.6 Å². The van der Waals surface area contributed by atoms with Crippen LogP contribution in [0.2, 0.25) is 0 Å². The Morgan fingerprint density at radius 2 is 2.19 bits per heavy atom. The summed E-state index contributed by atoms with van der Waals surface area (Å²) in [6.45, 7) is 0. The molecule has 9 nitrogen and oxygen atoms in total. The van der Waals surface area contributed by atoms with E-state index >= 15 is 0 Å². The lowest BCUT2D eigenvalue weighted by molar-refractivity contribution is -0.384. The van der Waals surface area contributed by atoms with Crippen molar-refractivity contribution in [3.63, 3.8) is 0 Å². The van der Waals surface area contributed by atoms with Gasteiger partial charge in [-0.3, -0.25) is 14.9 Å². The Labute approximate surface area is 160 Å². The summed E-state index contributed by atoms with van der Waals surface area (Å²) in [5.74, 6) is 0.870. The Morgan fingerprint density at radius 3 is 2.88 bits per heavy atom. The van der Waals surface area contributed by atoms with Crippen molar-refractivity contribution in [2.24, 2.45) is 7.05 Å². The second-order valence-electron chi connectivity index (χ2n) is 5.11. The molecule has 2 aromatic heterocycles. The number of hydrogen-bond donors (Lipinski definition) is 1. The SMILES string of the molecule is Cn1c(SCC(=O)Nc2cccc([N+](=O)[O-])c2)nnc1-c1ccc(Br)o1. The van der Waals surface area contributed by atoms with Gasteiger partial charge >= 0.3 is 0 Å². The van der Waals surface area contributed by atoms with Crippen LogP contribution < -0.4 is 5.32 Å². The van der Waals surface area contributed by atoms with E-state index in [2.05, 4.69) is 31.4 Å². The molecule has 0 saturated carbocycles. The summed E-state index contributed by atoms with van der Waals surface area (Å²) in [6, 6.07) is 9.28. The number of halogens is 1. The molecule has 2 heterocycles. The third-order valence-electron chi connectivity index (χ3n) is 3.30. The fraction of sp³-hybridized carbons (Fsp3) is 0.133. The van der Waals surface area contributed by atoms with Crippen LogP contribution in [0.3, 0.4) is 0 Å². The third-order valence-corrected chi connectivity index (χ3v) is 4.75. The van der Waals surface area contributed by atoms with E-state index < -0.39 is 4.92 Å². The molecule has 0 spiro atoms. The number of nitrogens with one attached hydrogen (secondary N) is 1. The number of carbonyl (C=O) groups excluding carboxylic acids is 1. The Bertz CT molecular complexity index is 971. The number of nitrogens with zero attached hydrogens (tertiary/aromatic N) is 4. The van der Waals surface area contributed by atoms with Gasteiger partial charge in [0, 0.05) is 24.9 Å². The molecule has 0 bridgehead atoms. The molecular formula is C15H12BrN5O4S. The summed E-state index contributed by atoms with van der Waals surface area (Å²) in [5.41, 5.74) is 0.280. The highest BCUT2D eigenvalue weighted by Gasteiger charge is 2.16. The van der Waals surface area contributed by atoms with Crippen molar-refractivity contribution in [1.29, 1.82) is 0 Å². The molecule has 0 fully saturated rings. The molecule has 1 N–H and O–H groups in total. The van der Waals surface area contributed by atoms with Crippen LogP contribution in [0.4, 0.5) is 11.4 Å². The van der Waals surface area contributed by atoms with Crippen molar-refractivity contribution in [1.82, 2.24) is 14.8 Å². The number of nitro groups is 1. The van der Waals surface area contributed by atoms with Crippen LogP contribution >= 0.6 is 27.7 Å². The van der Waals surface area contributed by atoms with Crippen LogP contribution in [0.5, 0.6) is 0 Å². The van der Waals surface area contributed by atoms with Gasteiger partial charge in [-0.15, -0.1) is 10.2 Å². The van der Waals surface area contributed by atoms with Crippen LogP contribution in [0.15, 0.2) is 50.6 Å². The zero-order valence-corrected chi connectivity index (χ0v) is 15.8. The number of carbonyl (C=O) groups is 1. The summed E-state index contributed by atoms with van der Waals surface area (Å²) in [5, 5.41) is 22.0. The maximum atomic E-state index is 12.1. The monoisotopic (exact) mass is 437 g/mol. The lowest BCUT2D eigenvalue weighted by atomic mass is 10.3. The van der Waals surface area contributed by atoms with Crippen molar-refractivity contribution in [3.05, 3.63) is 51.2 Å². The first-order chi connectivity index (χ1) is 12.4. The van der Waals surface area contributed by atoms with Crippen LogP contribution in [0.25, 0.3) is 11.6 Å². The highest BCUT2D eigenvalue weighted by molar-refractivity contribution is 9.10. The summed E-state index contributed by atoms with van der Waals surface area (Å²) in [4.78, 5) is 22.3. The molecule has 3 aromatic rings. The molecule has 0 unspecified atom stereocenters. The first-order valence-electron chi connectivity index (χ1n) is 7.26. The summed E-state index contributed by atoms with van der Waals surface area (Å²) in [6.07, 6.45) is 0. The number of benzene rings is 1. The maximum Gasteiger partial charge on any atom is 0.271 e. The first-order valence-corrected chi connectivity index (χ1v) is 9.04. The zero-order valence-electron chi connectivity index (χ0n) is 13.4. The first kappa shape index (κ1) is 18.1. The zero-order chi connectivity index (χ0) is 18.7. The summed E-state index contributed by atoms with van der Waals surface area (Å²) in [7, 11) is 1.77. The summed E-state index contributed by atoms with van der Waals surface area (Å²) >= 11 is 4.43. The second-order valence-corrected chi connectivity index (χ2v) is 6.84. The largest absolute Gasteiger partial charge is 0.446 e. The molecule has 0 saturated heterocycles. The second kappa shape index (κ2) is 7.70. The number of rotatable bonds is 6. The number of amides is 1. The number of nitro benzene ring substituents is 1. The summed E-state index contributed by atoms with van der Waals surface area (Å²) < 4.78 is 7.75. The van der Waals surface area contributed by atoms with E-state index in [1.165, 1.54) is 30.0 Å². The van der Waals surface area contributed by atoms with Gasteiger partial charge < -0.3 is 14.3 Å². The van der Waals surface area contributed by atoms with E-state index in [1.54, 1.807) is 29.8 Å². The predicted octanol–water partition coefficient (Wildman–Crippen LogP) is 3.48. The van der Waals surface area contributed by atoms with E-state index in [0.29, 0.717) is 27.1 Å². The number of aromatic nitrogens is 3. The number of non-ortho nitro benzene ring substituents is 1. The average molecular weight is 438 g/mol. The molecule has 0 aliphatic rings. The topological polar surface area (TPSA) is 116 Å². The normalized spacial score (nSPS) is 10.7. The van der Waals surface area contributed by atoms with E-state index in [4.69, 9.17) is 4.42 Å². The van der Waals surface area contributed by atoms with Crippen molar-refractivity contribution in [2.45, 2.75) is 5.16 Å². The van der Waals surface area contributed by atoms with E-state index in [9.17, 15) is 14.9 Å². The van der Waals surface area contributed by atoms with E-state index in [0.717, 1.165) is 0 Å². The number of anilines is 1. The van der Waals surface area contributed by atoms with E-state index in [1.807, 2.05) is 0 Å². The smallest absolute Gasteiger partial charge is 0.271 e. The maximum absolute atomic E-state index is 12.1. The minimum absolute atomic E-state index is 0.0799. The Balaban J connectivity index is 1.62. The molecule has 0 aliphatic heterocycles. The van der Waals surface area contributed by atoms with Crippen LogP contribution in [-0.4, -0.2) is 31.3 Å². The number of furan rings is 1. The molecule has 11 heteroatoms. The van der Waals surface area contributed by atoms with Crippen LogP contribution in [0, 0.1) is 10.1 Å². The van der Waals surface area contributed by atoms with Gasteiger partial charge in [0.1, 0.15) is 0 Å². The molecule has 3 rings (SSSR count). The lowest BCUT2D eigenvalue weighted by Gasteiger charge is -2.05. The fourth-order valence-corrected chi connectivity index (χ4v) is 3.13. The van der Waals surface area contributed by atoms with Crippen molar-refractivity contribution in [2.75, 3.05) is 11.1 Å². The Morgan fingerprint density at radius 1 is 1.38 bits per heavy atom. The van der Waals surface area contributed by atoms with Gasteiger partial charge in [-0.05, 0) is 34.1 Å². The van der Waals surface area contributed by atoms with Gasteiger partial charge in [0.2, 0.25) is 5.91 Å². The number of thioether (sulfide) groups is 1. The van der Waals surface area contributed by atoms with Crippen molar-refractivity contribution >= 4 is 45.0 Å². The minimum Gasteiger partial charge on any atom is -0.446 e. The fourth-order valence-electron chi connectivity index (χ4n) is 2.11. The molecule has 0 radical (unpaired) electrons. The van der Waals surface area contributed by atoms with E-state index in [-0.39, 0.29) is 17.3 Å².